The Morgan fingerprint density at radius 2 is 1.74 bits per heavy atom. The Bertz CT molecular complexity index is 922. The van der Waals surface area contributed by atoms with Crippen molar-refractivity contribution in [2.45, 2.75) is 0 Å². The topological polar surface area (TPSA) is 39.8 Å². The molecule has 0 bridgehead atoms. The van der Waals surface area contributed by atoms with Crippen molar-refractivity contribution in [3.63, 3.8) is 0 Å². The Kier molecular flexibility index (Phi) is 3.40. The van der Waals surface area contributed by atoms with E-state index in [1.54, 1.807) is 18.5 Å². The van der Waals surface area contributed by atoms with Crippen molar-refractivity contribution in [2.24, 2.45) is 0 Å². The first-order valence-electron chi connectivity index (χ1n) is 7.19. The van der Waals surface area contributed by atoms with E-state index >= 15 is 0 Å². The van der Waals surface area contributed by atoms with Crippen LogP contribution in [0.25, 0.3) is 16.8 Å². The summed E-state index contributed by atoms with van der Waals surface area (Å²) in [5.74, 6) is -0.120. The van der Waals surface area contributed by atoms with Gasteiger partial charge in [-0.2, -0.15) is 5.10 Å². The minimum atomic E-state index is -0.120. The van der Waals surface area contributed by atoms with Crippen LogP contribution in [0, 0.1) is 0 Å². The van der Waals surface area contributed by atoms with Crippen LogP contribution >= 0.6 is 11.3 Å². The summed E-state index contributed by atoms with van der Waals surface area (Å²) >= 11 is 1.44. The average molecular weight is 319 g/mol. The van der Waals surface area contributed by atoms with E-state index in [1.165, 1.54) is 16.0 Å². The van der Waals surface area contributed by atoms with Crippen molar-refractivity contribution in [1.29, 1.82) is 0 Å². The van der Waals surface area contributed by atoms with E-state index in [0.717, 1.165) is 16.8 Å². The largest absolute Gasteiger partial charge is 0.322 e. The van der Waals surface area contributed by atoms with Crippen LogP contribution in [0.1, 0.15) is 9.67 Å². The summed E-state index contributed by atoms with van der Waals surface area (Å²) in [5, 5.41) is 6.09. The summed E-state index contributed by atoms with van der Waals surface area (Å²) in [4.78, 5) is 13.4. The van der Waals surface area contributed by atoms with Gasteiger partial charge in [-0.3, -0.25) is 4.79 Å². The molecular formula is C18H13N3OS. The van der Waals surface area contributed by atoms with Crippen molar-refractivity contribution in [3.8, 4) is 16.8 Å². The van der Waals surface area contributed by atoms with E-state index in [0.29, 0.717) is 4.88 Å². The zero-order valence-electron chi connectivity index (χ0n) is 12.2. The summed E-state index contributed by atoms with van der Waals surface area (Å²) in [6, 6.07) is 15.8. The van der Waals surface area contributed by atoms with Crippen molar-refractivity contribution < 1.29 is 4.79 Å². The zero-order valence-corrected chi connectivity index (χ0v) is 13.0. The molecule has 4 nitrogen and oxygen atoms in total. The molecule has 0 aliphatic carbocycles. The molecule has 1 aromatic carbocycles. The lowest BCUT2D eigenvalue weighted by molar-refractivity contribution is 0.0949. The van der Waals surface area contributed by atoms with Gasteiger partial charge in [0.1, 0.15) is 4.88 Å². The zero-order chi connectivity index (χ0) is 15.6. The lowest BCUT2D eigenvalue weighted by atomic mass is 10.1. The van der Waals surface area contributed by atoms with Crippen molar-refractivity contribution in [2.75, 3.05) is 0 Å². The van der Waals surface area contributed by atoms with Gasteiger partial charge in [0, 0.05) is 35.7 Å². The number of hydrogen-bond acceptors (Lipinski definition) is 3. The Morgan fingerprint density at radius 1 is 0.957 bits per heavy atom. The average Bonchev–Trinajstić information content (AvgIpc) is 3.34. The number of carbonyl (C=O) groups excluding carboxylic acids is 1. The number of thiophene rings is 1. The molecule has 4 rings (SSSR count). The molecule has 0 saturated heterocycles. The lowest BCUT2D eigenvalue weighted by Gasteiger charge is -2.09. The van der Waals surface area contributed by atoms with Gasteiger partial charge in [0.05, 0.1) is 5.69 Å². The molecule has 0 unspecified atom stereocenters. The standard InChI is InChI=1S/C18H13N3OS/c22-18(21-12-6-9-19-21)17-16(20-10-4-5-11-20)15(13-23-17)14-7-2-1-3-8-14/h1-13H. The predicted octanol–water partition coefficient (Wildman–Crippen LogP) is 4.09. The highest BCUT2D eigenvalue weighted by Gasteiger charge is 2.21. The van der Waals surface area contributed by atoms with E-state index < -0.39 is 0 Å². The highest BCUT2D eigenvalue weighted by atomic mass is 32.1. The van der Waals surface area contributed by atoms with Gasteiger partial charge in [0.2, 0.25) is 0 Å². The predicted molar refractivity (Wildman–Crippen MR) is 91.0 cm³/mol. The van der Waals surface area contributed by atoms with E-state index in [1.807, 2.05) is 52.7 Å². The van der Waals surface area contributed by atoms with Gasteiger partial charge >= 0.3 is 0 Å². The lowest BCUT2D eigenvalue weighted by Crippen LogP contribution is -2.13. The van der Waals surface area contributed by atoms with E-state index in [9.17, 15) is 4.79 Å². The molecule has 0 aliphatic rings. The third-order valence-electron chi connectivity index (χ3n) is 3.62. The van der Waals surface area contributed by atoms with Crippen LogP contribution in [0.15, 0.2) is 78.7 Å². The number of hydrogen-bond donors (Lipinski definition) is 0. The normalized spacial score (nSPS) is 10.8. The first-order chi connectivity index (χ1) is 11.3. The van der Waals surface area contributed by atoms with Gasteiger partial charge in [0.15, 0.2) is 0 Å². The molecule has 0 N–H and O–H groups in total. The highest BCUT2D eigenvalue weighted by molar-refractivity contribution is 7.13. The summed E-state index contributed by atoms with van der Waals surface area (Å²) in [5.41, 5.74) is 3.03. The third-order valence-corrected chi connectivity index (χ3v) is 4.58. The summed E-state index contributed by atoms with van der Waals surface area (Å²) in [6.07, 6.45) is 7.19. The van der Waals surface area contributed by atoms with E-state index in [4.69, 9.17) is 0 Å². The van der Waals surface area contributed by atoms with E-state index in [2.05, 4.69) is 17.2 Å². The van der Waals surface area contributed by atoms with Gasteiger partial charge < -0.3 is 4.57 Å². The monoisotopic (exact) mass is 319 g/mol. The van der Waals surface area contributed by atoms with Crippen LogP contribution in [0.3, 0.4) is 0 Å². The van der Waals surface area contributed by atoms with Crippen LogP contribution in [-0.2, 0) is 0 Å². The summed E-state index contributed by atoms with van der Waals surface area (Å²) in [6.45, 7) is 0. The maximum absolute atomic E-state index is 12.8. The first-order valence-corrected chi connectivity index (χ1v) is 8.07. The van der Waals surface area contributed by atoms with Crippen LogP contribution in [0.4, 0.5) is 0 Å². The van der Waals surface area contributed by atoms with Gasteiger partial charge in [-0.1, -0.05) is 30.3 Å². The summed E-state index contributed by atoms with van der Waals surface area (Å²) in [7, 11) is 0. The molecule has 23 heavy (non-hydrogen) atoms. The van der Waals surface area contributed by atoms with Crippen LogP contribution in [0.2, 0.25) is 0 Å². The Balaban J connectivity index is 1.91. The second-order valence-electron chi connectivity index (χ2n) is 5.04. The fourth-order valence-electron chi connectivity index (χ4n) is 2.56. The Labute approximate surface area is 137 Å². The number of rotatable bonds is 3. The fourth-order valence-corrected chi connectivity index (χ4v) is 3.56. The van der Waals surface area contributed by atoms with E-state index in [-0.39, 0.29) is 5.91 Å². The Hall–Kier alpha value is -2.92. The number of benzene rings is 1. The van der Waals surface area contributed by atoms with Gasteiger partial charge in [-0.05, 0) is 23.8 Å². The SMILES string of the molecule is O=C(c1scc(-c2ccccc2)c1-n1cccc1)n1cccn1. The first kappa shape index (κ1) is 13.7. The third kappa shape index (κ3) is 2.41. The van der Waals surface area contributed by atoms with Crippen molar-refractivity contribution in [3.05, 3.63) is 83.6 Å². The number of carbonyl (C=O) groups is 1. The van der Waals surface area contributed by atoms with Crippen molar-refractivity contribution >= 4 is 17.2 Å². The smallest absolute Gasteiger partial charge is 0.290 e. The van der Waals surface area contributed by atoms with Crippen LogP contribution in [0.5, 0.6) is 0 Å². The Morgan fingerprint density at radius 3 is 2.43 bits per heavy atom. The molecule has 0 aliphatic heterocycles. The van der Waals surface area contributed by atoms with Crippen LogP contribution < -0.4 is 0 Å². The highest BCUT2D eigenvalue weighted by Crippen LogP contribution is 2.35. The number of nitrogens with zero attached hydrogens (tertiary/aromatic N) is 3. The molecule has 112 valence electrons. The maximum atomic E-state index is 12.8. The van der Waals surface area contributed by atoms with Gasteiger partial charge in [-0.25, -0.2) is 4.68 Å². The second-order valence-corrected chi connectivity index (χ2v) is 5.92. The molecule has 0 radical (unpaired) electrons. The molecule has 5 heteroatoms. The second kappa shape index (κ2) is 5.70. The molecule has 3 heterocycles. The molecule has 0 spiro atoms. The molecule has 0 fully saturated rings. The molecular weight excluding hydrogens is 306 g/mol. The molecule has 4 aromatic rings. The van der Waals surface area contributed by atoms with Crippen LogP contribution in [-0.4, -0.2) is 20.3 Å². The minimum Gasteiger partial charge on any atom is -0.322 e. The maximum Gasteiger partial charge on any atom is 0.290 e. The molecule has 0 saturated carbocycles. The van der Waals surface area contributed by atoms with Crippen molar-refractivity contribution in [1.82, 2.24) is 14.3 Å². The fraction of sp³-hybridized carbons (Fsp3) is 0. The number of aromatic nitrogens is 3. The molecule has 0 atom stereocenters. The van der Waals surface area contributed by atoms with Gasteiger partial charge in [-0.15, -0.1) is 11.3 Å². The minimum absolute atomic E-state index is 0.120. The molecule has 0 amide bonds. The van der Waals surface area contributed by atoms with Gasteiger partial charge in [0.25, 0.3) is 5.91 Å². The summed E-state index contributed by atoms with van der Waals surface area (Å²) < 4.78 is 3.35. The molecule has 3 aromatic heterocycles. The quantitative estimate of drug-likeness (QED) is 0.570.